The fourth-order valence-electron chi connectivity index (χ4n) is 4.40. The van der Waals surface area contributed by atoms with Crippen molar-refractivity contribution in [2.24, 2.45) is 0 Å². The number of carbonyl (C=O) groups excluding carboxylic acids is 1. The molecule has 1 N–H and O–H groups in total. The van der Waals surface area contributed by atoms with Crippen molar-refractivity contribution in [3.8, 4) is 5.75 Å². The van der Waals surface area contributed by atoms with E-state index in [9.17, 15) is 31.1 Å². The van der Waals surface area contributed by atoms with E-state index in [-0.39, 0.29) is 18.0 Å². The molecule has 4 rings (SSSR count). The van der Waals surface area contributed by atoms with E-state index in [2.05, 4.69) is 15.0 Å². The van der Waals surface area contributed by atoms with Gasteiger partial charge in [0.2, 0.25) is 5.91 Å². The summed E-state index contributed by atoms with van der Waals surface area (Å²) < 4.78 is 81.2. The van der Waals surface area contributed by atoms with Gasteiger partial charge in [0.25, 0.3) is 0 Å². The van der Waals surface area contributed by atoms with Gasteiger partial charge in [0.1, 0.15) is 11.4 Å². The van der Waals surface area contributed by atoms with Crippen LogP contribution in [0.25, 0.3) is 0 Å². The number of nitrogens with zero attached hydrogens (tertiary/aromatic N) is 2. The van der Waals surface area contributed by atoms with Gasteiger partial charge in [0.15, 0.2) is 0 Å². The first-order valence-electron chi connectivity index (χ1n) is 11.3. The summed E-state index contributed by atoms with van der Waals surface area (Å²) in [6, 6.07) is 16.3. The lowest BCUT2D eigenvalue weighted by Crippen LogP contribution is -2.48. The Kier molecular flexibility index (Phi) is 6.93. The number of anilines is 1. The van der Waals surface area contributed by atoms with E-state index in [1.54, 1.807) is 26.0 Å². The normalized spacial score (nSPS) is 18.8. The van der Waals surface area contributed by atoms with Crippen LogP contribution in [0, 0.1) is 0 Å². The Bertz CT molecular complexity index is 1240. The number of hydrogen-bond acceptors (Lipinski definition) is 4. The van der Waals surface area contributed by atoms with Gasteiger partial charge < -0.3 is 9.64 Å². The van der Waals surface area contributed by atoms with Crippen molar-refractivity contribution in [3.05, 3.63) is 89.7 Å². The van der Waals surface area contributed by atoms with Gasteiger partial charge in [-0.1, -0.05) is 36.4 Å². The predicted molar refractivity (Wildman–Crippen MR) is 124 cm³/mol. The highest BCUT2D eigenvalue weighted by atomic mass is 19.4. The van der Waals surface area contributed by atoms with E-state index in [1.807, 2.05) is 18.2 Å². The predicted octanol–water partition coefficient (Wildman–Crippen LogP) is 6.37. The molecule has 0 radical (unpaired) electrons. The molecule has 2 aromatic carbocycles. The molecule has 1 saturated heterocycles. The maximum atomic E-state index is 13.6. The second kappa shape index (κ2) is 9.70. The van der Waals surface area contributed by atoms with Crippen molar-refractivity contribution < 1.29 is 35.9 Å². The minimum absolute atomic E-state index is 0.110. The van der Waals surface area contributed by atoms with Gasteiger partial charge in [-0.3, -0.25) is 10.1 Å². The minimum atomic E-state index is -4.85. The second-order valence-corrected chi connectivity index (χ2v) is 9.14. The summed E-state index contributed by atoms with van der Waals surface area (Å²) in [7, 11) is 0. The van der Waals surface area contributed by atoms with E-state index in [0.29, 0.717) is 5.69 Å². The molecule has 1 aliphatic rings. The number of aromatic nitrogens is 1. The highest BCUT2D eigenvalue weighted by Crippen LogP contribution is 2.39. The van der Waals surface area contributed by atoms with Gasteiger partial charge in [-0.25, -0.2) is 4.98 Å². The number of alkyl halides is 6. The van der Waals surface area contributed by atoms with Crippen molar-refractivity contribution in [3.63, 3.8) is 0 Å². The number of halogens is 6. The maximum Gasteiger partial charge on any atom is 0.573 e. The fourth-order valence-corrected chi connectivity index (χ4v) is 4.40. The molecule has 0 bridgehead atoms. The van der Waals surface area contributed by atoms with Gasteiger partial charge in [0.05, 0.1) is 23.3 Å². The lowest BCUT2D eigenvalue weighted by Gasteiger charge is -2.29. The first kappa shape index (κ1) is 26.5. The summed E-state index contributed by atoms with van der Waals surface area (Å²) in [6.45, 7) is 3.26. The highest BCUT2D eigenvalue weighted by Gasteiger charge is 2.44. The molecule has 1 fully saturated rings. The summed E-state index contributed by atoms with van der Waals surface area (Å²) in [5, 5.41) is 3.15. The van der Waals surface area contributed by atoms with Gasteiger partial charge in [-0.05, 0) is 62.2 Å². The average Bonchev–Trinajstić information content (AvgIpc) is 3.14. The first-order chi connectivity index (χ1) is 17.2. The number of pyridine rings is 1. The zero-order valence-corrected chi connectivity index (χ0v) is 19.8. The van der Waals surface area contributed by atoms with E-state index < -0.39 is 41.6 Å². The van der Waals surface area contributed by atoms with E-state index in [4.69, 9.17) is 0 Å². The van der Waals surface area contributed by atoms with Crippen LogP contribution in [-0.2, 0) is 16.5 Å². The molecular formula is C26H23F6N3O2. The summed E-state index contributed by atoms with van der Waals surface area (Å²) in [5.74, 6) is -0.802. The van der Waals surface area contributed by atoms with Crippen LogP contribution in [0.4, 0.5) is 32.0 Å². The van der Waals surface area contributed by atoms with Crippen molar-refractivity contribution in [1.82, 2.24) is 10.3 Å². The number of nitrogens with one attached hydrogen (secondary N) is 1. The monoisotopic (exact) mass is 523 g/mol. The van der Waals surface area contributed by atoms with E-state index >= 15 is 0 Å². The summed E-state index contributed by atoms with van der Waals surface area (Å²) in [6.07, 6.45) is -9.20. The standard InChI is InChI=1S/C26H23F6N3O2/c1-24(2,21-9-6-10-22(33-21)25(27,28)29)34-19-15-20(16-7-4-3-5-8-16)35(23(19)36)17-11-13-18(14-12-17)37-26(30,31)32/h3-14,19-20,34H,15H2,1-2H3/t19-,20-/m1/s1. The Morgan fingerprint density at radius 2 is 1.49 bits per heavy atom. The Morgan fingerprint density at radius 3 is 2.08 bits per heavy atom. The van der Waals surface area contributed by atoms with E-state index in [1.165, 1.54) is 29.2 Å². The molecule has 2 heterocycles. The largest absolute Gasteiger partial charge is 0.573 e. The quantitative estimate of drug-likeness (QED) is 0.382. The molecule has 1 aromatic heterocycles. The number of amides is 1. The van der Waals surface area contributed by atoms with E-state index in [0.717, 1.165) is 23.8 Å². The third-order valence-electron chi connectivity index (χ3n) is 6.05. The van der Waals surface area contributed by atoms with Gasteiger partial charge in [0, 0.05) is 5.69 Å². The SMILES string of the molecule is CC(C)(N[C@@H]1C[C@H](c2ccccc2)N(c2ccc(OC(F)(F)F)cc2)C1=O)c1cccc(C(F)(F)F)n1. The molecule has 37 heavy (non-hydrogen) atoms. The Balaban J connectivity index is 1.64. The molecule has 196 valence electrons. The Morgan fingerprint density at radius 1 is 0.865 bits per heavy atom. The van der Waals surface area contributed by atoms with Crippen molar-refractivity contribution in [2.75, 3.05) is 4.90 Å². The maximum absolute atomic E-state index is 13.6. The molecule has 1 amide bonds. The second-order valence-electron chi connectivity index (χ2n) is 9.14. The van der Waals surface area contributed by atoms with Crippen LogP contribution >= 0.6 is 0 Å². The molecule has 0 aliphatic carbocycles. The van der Waals surface area contributed by atoms with Crippen LogP contribution in [0.1, 0.15) is 43.3 Å². The molecule has 0 unspecified atom stereocenters. The molecule has 1 aliphatic heterocycles. The first-order valence-corrected chi connectivity index (χ1v) is 11.3. The Labute approximate surface area is 209 Å². The smallest absolute Gasteiger partial charge is 0.406 e. The van der Waals surface area contributed by atoms with Crippen LogP contribution < -0.4 is 15.0 Å². The molecule has 0 saturated carbocycles. The van der Waals surface area contributed by atoms with Crippen LogP contribution in [0.5, 0.6) is 5.75 Å². The molecular weight excluding hydrogens is 500 g/mol. The van der Waals surface area contributed by atoms with Crippen molar-refractivity contribution >= 4 is 11.6 Å². The molecule has 5 nitrogen and oxygen atoms in total. The summed E-state index contributed by atoms with van der Waals surface area (Å²) in [5.41, 5.74) is -0.886. The third kappa shape index (κ3) is 6.04. The van der Waals surface area contributed by atoms with Crippen LogP contribution in [-0.4, -0.2) is 23.3 Å². The van der Waals surface area contributed by atoms with Gasteiger partial charge in [-0.2, -0.15) is 13.2 Å². The zero-order valence-electron chi connectivity index (χ0n) is 19.8. The number of carbonyl (C=O) groups is 1. The molecule has 11 heteroatoms. The van der Waals surface area contributed by atoms with Crippen molar-refractivity contribution in [2.45, 2.75) is 50.4 Å². The number of rotatable bonds is 6. The lowest BCUT2D eigenvalue weighted by atomic mass is 9.96. The fraction of sp³-hybridized carbons (Fsp3) is 0.308. The number of hydrogen-bond donors (Lipinski definition) is 1. The Hall–Kier alpha value is -3.60. The van der Waals surface area contributed by atoms with Crippen LogP contribution in [0.2, 0.25) is 0 Å². The molecule has 0 spiro atoms. The summed E-state index contributed by atoms with van der Waals surface area (Å²) >= 11 is 0. The summed E-state index contributed by atoms with van der Waals surface area (Å²) in [4.78, 5) is 18.8. The third-order valence-corrected chi connectivity index (χ3v) is 6.05. The average molecular weight is 523 g/mol. The lowest BCUT2D eigenvalue weighted by molar-refractivity contribution is -0.274. The minimum Gasteiger partial charge on any atom is -0.406 e. The topological polar surface area (TPSA) is 54.5 Å². The van der Waals surface area contributed by atoms with Gasteiger partial charge in [-0.15, -0.1) is 13.2 Å². The van der Waals surface area contributed by atoms with Crippen LogP contribution in [0.15, 0.2) is 72.8 Å². The van der Waals surface area contributed by atoms with Gasteiger partial charge >= 0.3 is 12.5 Å². The molecule has 3 aromatic rings. The number of ether oxygens (including phenoxy) is 1. The molecule has 2 atom stereocenters. The van der Waals surface area contributed by atoms with Crippen LogP contribution in [0.3, 0.4) is 0 Å². The zero-order chi connectivity index (χ0) is 27.0. The highest BCUT2D eigenvalue weighted by molar-refractivity contribution is 6.00. The van der Waals surface area contributed by atoms with Crippen molar-refractivity contribution in [1.29, 1.82) is 0 Å². The number of benzene rings is 2.